The van der Waals surface area contributed by atoms with Crippen molar-refractivity contribution in [2.45, 2.75) is 33.2 Å². The first-order chi connectivity index (χ1) is 10.0. The molecule has 1 unspecified atom stereocenters. The highest BCUT2D eigenvalue weighted by Crippen LogP contribution is 2.17. The summed E-state index contributed by atoms with van der Waals surface area (Å²) in [5, 5.41) is 5.38. The van der Waals surface area contributed by atoms with Crippen molar-refractivity contribution >= 4 is 17.7 Å². The third kappa shape index (κ3) is 6.65. The highest BCUT2D eigenvalue weighted by atomic mass is 16.5. The zero-order valence-electron chi connectivity index (χ0n) is 12.6. The predicted molar refractivity (Wildman–Crippen MR) is 80.5 cm³/mol. The normalized spacial score (nSPS) is 11.4. The minimum absolute atomic E-state index is 0.0623. The lowest BCUT2D eigenvalue weighted by atomic mass is 10.2. The minimum Gasteiger partial charge on any atom is -0.484 e. The van der Waals surface area contributed by atoms with Crippen LogP contribution < -0.4 is 15.4 Å². The van der Waals surface area contributed by atoms with Crippen LogP contribution in [0, 0.1) is 0 Å². The van der Waals surface area contributed by atoms with Gasteiger partial charge in [-0.05, 0) is 32.4 Å². The van der Waals surface area contributed by atoms with Crippen molar-refractivity contribution in [3.05, 3.63) is 24.3 Å². The molecule has 6 nitrogen and oxygen atoms in total. The van der Waals surface area contributed by atoms with Crippen LogP contribution in [0.5, 0.6) is 5.75 Å². The molecule has 0 radical (unpaired) electrons. The molecule has 116 valence electrons. The number of rotatable bonds is 7. The summed E-state index contributed by atoms with van der Waals surface area (Å²) < 4.78 is 10.2. The van der Waals surface area contributed by atoms with Gasteiger partial charge in [-0.25, -0.2) is 4.79 Å². The van der Waals surface area contributed by atoms with Gasteiger partial charge in [0, 0.05) is 17.8 Å². The Bertz CT molecular complexity index is 476. The molecular formula is C15H22N2O4. The Hall–Kier alpha value is -2.24. The van der Waals surface area contributed by atoms with Crippen LogP contribution in [0.25, 0.3) is 0 Å². The molecule has 0 heterocycles. The van der Waals surface area contributed by atoms with Crippen LogP contribution in [0.15, 0.2) is 24.3 Å². The number of hydrogen-bond donors (Lipinski definition) is 2. The standard InChI is InChI=1S/C15H22N2O4/c1-4-11(3)16-14(18)10-21-13-8-6-7-12(9-13)17-15(19)20-5-2/h6-9,11H,4-5,10H2,1-3H3,(H,16,18)(H,17,19). The van der Waals surface area contributed by atoms with Gasteiger partial charge in [0.25, 0.3) is 5.91 Å². The lowest BCUT2D eigenvalue weighted by molar-refractivity contribution is -0.123. The predicted octanol–water partition coefficient (Wildman–Crippen LogP) is 2.55. The van der Waals surface area contributed by atoms with Gasteiger partial charge in [-0.3, -0.25) is 10.1 Å². The van der Waals surface area contributed by atoms with Crippen molar-refractivity contribution in [3.63, 3.8) is 0 Å². The lowest BCUT2D eigenvalue weighted by Crippen LogP contribution is -2.35. The highest BCUT2D eigenvalue weighted by molar-refractivity contribution is 5.84. The second kappa shape index (κ2) is 8.84. The molecule has 0 fully saturated rings. The summed E-state index contributed by atoms with van der Waals surface area (Å²) in [4.78, 5) is 22.9. The molecule has 0 aliphatic heterocycles. The number of nitrogens with one attached hydrogen (secondary N) is 2. The monoisotopic (exact) mass is 294 g/mol. The maximum atomic E-state index is 11.6. The van der Waals surface area contributed by atoms with E-state index >= 15 is 0 Å². The number of benzene rings is 1. The number of carbonyl (C=O) groups is 2. The summed E-state index contributed by atoms with van der Waals surface area (Å²) in [5.74, 6) is 0.330. The fourth-order valence-corrected chi connectivity index (χ4v) is 1.52. The Morgan fingerprint density at radius 2 is 2.05 bits per heavy atom. The molecule has 1 rings (SSSR count). The number of carbonyl (C=O) groups excluding carboxylic acids is 2. The van der Waals surface area contributed by atoms with E-state index in [2.05, 4.69) is 10.6 Å². The molecule has 21 heavy (non-hydrogen) atoms. The molecule has 2 N–H and O–H groups in total. The smallest absolute Gasteiger partial charge is 0.411 e. The SMILES string of the molecule is CCOC(=O)Nc1cccc(OCC(=O)NC(C)CC)c1. The number of hydrogen-bond acceptors (Lipinski definition) is 4. The third-order valence-electron chi connectivity index (χ3n) is 2.75. The summed E-state index contributed by atoms with van der Waals surface area (Å²) >= 11 is 0. The van der Waals surface area contributed by atoms with E-state index in [9.17, 15) is 9.59 Å². The van der Waals surface area contributed by atoms with E-state index < -0.39 is 6.09 Å². The van der Waals surface area contributed by atoms with Crippen molar-refractivity contribution in [3.8, 4) is 5.75 Å². The molecule has 0 aliphatic carbocycles. The Kier molecular flexibility index (Phi) is 7.08. The van der Waals surface area contributed by atoms with Crippen LogP contribution in [0.4, 0.5) is 10.5 Å². The van der Waals surface area contributed by atoms with Crippen LogP contribution in [0.3, 0.4) is 0 Å². The van der Waals surface area contributed by atoms with Gasteiger partial charge in [0.05, 0.1) is 6.61 Å². The highest BCUT2D eigenvalue weighted by Gasteiger charge is 2.07. The van der Waals surface area contributed by atoms with E-state index in [1.807, 2.05) is 13.8 Å². The van der Waals surface area contributed by atoms with Gasteiger partial charge in [-0.1, -0.05) is 13.0 Å². The average Bonchev–Trinajstić information content (AvgIpc) is 2.45. The Morgan fingerprint density at radius 3 is 2.71 bits per heavy atom. The fraction of sp³-hybridized carbons (Fsp3) is 0.467. The quantitative estimate of drug-likeness (QED) is 0.810. The second-order valence-corrected chi connectivity index (χ2v) is 4.54. The van der Waals surface area contributed by atoms with E-state index in [1.165, 1.54) is 0 Å². The van der Waals surface area contributed by atoms with Gasteiger partial charge in [0.2, 0.25) is 0 Å². The van der Waals surface area contributed by atoms with Crippen molar-refractivity contribution in [2.24, 2.45) is 0 Å². The zero-order chi connectivity index (χ0) is 15.7. The van der Waals surface area contributed by atoms with Crippen molar-refractivity contribution in [2.75, 3.05) is 18.5 Å². The molecule has 0 aromatic heterocycles. The van der Waals surface area contributed by atoms with Gasteiger partial charge >= 0.3 is 6.09 Å². The maximum Gasteiger partial charge on any atom is 0.411 e. The first-order valence-corrected chi connectivity index (χ1v) is 7.01. The van der Waals surface area contributed by atoms with Gasteiger partial charge in [0.1, 0.15) is 5.75 Å². The van der Waals surface area contributed by atoms with E-state index in [0.29, 0.717) is 18.0 Å². The molecule has 0 bridgehead atoms. The van der Waals surface area contributed by atoms with E-state index in [-0.39, 0.29) is 18.6 Å². The summed E-state index contributed by atoms with van der Waals surface area (Å²) in [6, 6.07) is 6.91. The van der Waals surface area contributed by atoms with Gasteiger partial charge < -0.3 is 14.8 Å². The number of anilines is 1. The topological polar surface area (TPSA) is 76.7 Å². The van der Waals surface area contributed by atoms with Crippen LogP contribution in [0.1, 0.15) is 27.2 Å². The van der Waals surface area contributed by atoms with Crippen molar-refractivity contribution < 1.29 is 19.1 Å². The summed E-state index contributed by atoms with van der Waals surface area (Å²) in [6.07, 6.45) is 0.342. The summed E-state index contributed by atoms with van der Waals surface area (Å²) in [7, 11) is 0. The first kappa shape index (κ1) is 16.8. The summed E-state index contributed by atoms with van der Waals surface area (Å²) in [6.45, 7) is 5.90. The van der Waals surface area contributed by atoms with Gasteiger partial charge in [-0.15, -0.1) is 0 Å². The third-order valence-corrected chi connectivity index (χ3v) is 2.75. The van der Waals surface area contributed by atoms with E-state index in [4.69, 9.17) is 9.47 Å². The van der Waals surface area contributed by atoms with Gasteiger partial charge in [0.15, 0.2) is 6.61 Å². The van der Waals surface area contributed by atoms with Crippen molar-refractivity contribution in [1.29, 1.82) is 0 Å². The molecule has 0 spiro atoms. The molecule has 2 amide bonds. The van der Waals surface area contributed by atoms with Crippen LogP contribution in [0.2, 0.25) is 0 Å². The first-order valence-electron chi connectivity index (χ1n) is 7.01. The molecule has 1 atom stereocenters. The molecule has 0 aliphatic rings. The van der Waals surface area contributed by atoms with E-state index in [1.54, 1.807) is 31.2 Å². The molecule has 1 aromatic rings. The maximum absolute atomic E-state index is 11.6. The van der Waals surface area contributed by atoms with Crippen LogP contribution >= 0.6 is 0 Å². The molecular weight excluding hydrogens is 272 g/mol. The number of amides is 2. The van der Waals surface area contributed by atoms with Crippen LogP contribution in [-0.2, 0) is 9.53 Å². The Labute approximate surface area is 124 Å². The minimum atomic E-state index is -0.524. The molecule has 6 heteroatoms. The van der Waals surface area contributed by atoms with Gasteiger partial charge in [-0.2, -0.15) is 0 Å². The Morgan fingerprint density at radius 1 is 1.29 bits per heavy atom. The second-order valence-electron chi connectivity index (χ2n) is 4.54. The fourth-order valence-electron chi connectivity index (χ4n) is 1.52. The van der Waals surface area contributed by atoms with Crippen LogP contribution in [-0.4, -0.2) is 31.3 Å². The molecule has 1 aromatic carbocycles. The molecule has 0 saturated heterocycles. The van der Waals surface area contributed by atoms with E-state index in [0.717, 1.165) is 6.42 Å². The Balaban J connectivity index is 2.49. The molecule has 0 saturated carbocycles. The number of ether oxygens (including phenoxy) is 2. The lowest BCUT2D eigenvalue weighted by Gasteiger charge is -2.12. The largest absolute Gasteiger partial charge is 0.484 e. The van der Waals surface area contributed by atoms with Crippen molar-refractivity contribution in [1.82, 2.24) is 5.32 Å². The zero-order valence-corrected chi connectivity index (χ0v) is 12.6. The average molecular weight is 294 g/mol. The summed E-state index contributed by atoms with van der Waals surface area (Å²) in [5.41, 5.74) is 0.549.